The van der Waals surface area contributed by atoms with E-state index in [1.54, 1.807) is 0 Å². The third kappa shape index (κ3) is 3.02. The highest BCUT2D eigenvalue weighted by atomic mass is 32.2. The molecule has 1 rings (SSSR count). The normalized spacial score (nSPS) is 12.9. The maximum Gasteiger partial charge on any atom is 0.289 e. The molecule has 0 unspecified atom stereocenters. The van der Waals surface area contributed by atoms with E-state index in [-0.39, 0.29) is 0 Å². The summed E-state index contributed by atoms with van der Waals surface area (Å²) in [6.07, 6.45) is 0. The molecule has 98 valence electrons. The molecule has 0 aromatic heterocycles. The van der Waals surface area contributed by atoms with Gasteiger partial charge in [0.2, 0.25) is 15.9 Å². The van der Waals surface area contributed by atoms with Crippen molar-refractivity contribution in [3.63, 3.8) is 0 Å². The summed E-state index contributed by atoms with van der Waals surface area (Å²) in [5.41, 5.74) is 4.35. The van der Waals surface area contributed by atoms with Crippen LogP contribution in [0.1, 0.15) is 6.92 Å². The molecular formula is C9H11N3O5S. The number of hydrogen-bond donors (Lipinski definition) is 2. The fraction of sp³-hybridized carbons (Fsp3) is 0.222. The number of carbonyl (C=O) groups is 1. The molecule has 18 heavy (non-hydrogen) atoms. The van der Waals surface area contributed by atoms with E-state index in [2.05, 4.69) is 0 Å². The number of sulfonamides is 1. The average Bonchev–Trinajstić information content (AvgIpc) is 2.28. The van der Waals surface area contributed by atoms with E-state index in [4.69, 9.17) is 5.73 Å². The second kappa shape index (κ2) is 5.10. The Morgan fingerprint density at radius 3 is 2.50 bits per heavy atom. The second-order valence-electron chi connectivity index (χ2n) is 3.47. The largest absolute Gasteiger partial charge is 0.368 e. The van der Waals surface area contributed by atoms with Gasteiger partial charge in [0.15, 0.2) is 4.90 Å². The van der Waals surface area contributed by atoms with E-state index in [9.17, 15) is 23.3 Å². The van der Waals surface area contributed by atoms with E-state index in [1.165, 1.54) is 19.1 Å². The van der Waals surface area contributed by atoms with Crippen molar-refractivity contribution in [3.05, 3.63) is 34.4 Å². The monoisotopic (exact) mass is 273 g/mol. The molecule has 1 aromatic rings. The molecule has 1 amide bonds. The minimum atomic E-state index is -4.17. The second-order valence-corrected chi connectivity index (χ2v) is 5.15. The summed E-state index contributed by atoms with van der Waals surface area (Å²) in [4.78, 5) is 20.2. The van der Waals surface area contributed by atoms with Crippen molar-refractivity contribution in [2.45, 2.75) is 17.9 Å². The molecule has 1 atom stereocenters. The van der Waals surface area contributed by atoms with Gasteiger partial charge in [-0.3, -0.25) is 14.9 Å². The molecule has 0 bridgehead atoms. The van der Waals surface area contributed by atoms with Crippen LogP contribution in [0.15, 0.2) is 29.2 Å². The third-order valence-corrected chi connectivity index (χ3v) is 3.70. The van der Waals surface area contributed by atoms with Gasteiger partial charge in [-0.15, -0.1) is 0 Å². The molecule has 3 N–H and O–H groups in total. The fourth-order valence-corrected chi connectivity index (χ4v) is 2.57. The first-order valence-electron chi connectivity index (χ1n) is 4.81. The quantitative estimate of drug-likeness (QED) is 0.563. The van der Waals surface area contributed by atoms with Gasteiger partial charge in [0.1, 0.15) is 0 Å². The van der Waals surface area contributed by atoms with E-state index >= 15 is 0 Å². The Bertz CT molecular complexity index is 584. The van der Waals surface area contributed by atoms with Crippen LogP contribution in [0.5, 0.6) is 0 Å². The number of nitro groups is 1. The summed E-state index contributed by atoms with van der Waals surface area (Å²) in [5, 5.41) is 10.7. The molecule has 8 nitrogen and oxygen atoms in total. The Morgan fingerprint density at radius 1 is 1.44 bits per heavy atom. The van der Waals surface area contributed by atoms with Crippen molar-refractivity contribution in [1.29, 1.82) is 0 Å². The minimum Gasteiger partial charge on any atom is -0.368 e. The van der Waals surface area contributed by atoms with Crippen LogP contribution >= 0.6 is 0 Å². The Kier molecular flexibility index (Phi) is 3.99. The lowest BCUT2D eigenvalue weighted by Crippen LogP contribution is -2.42. The Balaban J connectivity index is 3.21. The lowest BCUT2D eigenvalue weighted by atomic mass is 10.3. The first-order valence-corrected chi connectivity index (χ1v) is 6.29. The van der Waals surface area contributed by atoms with Crippen molar-refractivity contribution in [2.24, 2.45) is 5.73 Å². The van der Waals surface area contributed by atoms with Crippen LogP contribution in [0.4, 0.5) is 5.69 Å². The van der Waals surface area contributed by atoms with Gasteiger partial charge >= 0.3 is 0 Å². The highest BCUT2D eigenvalue weighted by Gasteiger charge is 2.27. The SMILES string of the molecule is C[C@H](NS(=O)(=O)c1ccccc1[N+](=O)[O-])C(N)=O. The maximum atomic E-state index is 11.8. The van der Waals surface area contributed by atoms with Crippen LogP contribution in [0.3, 0.4) is 0 Å². The molecule has 0 spiro atoms. The van der Waals surface area contributed by atoms with Crippen molar-refractivity contribution in [2.75, 3.05) is 0 Å². The van der Waals surface area contributed by atoms with E-state index in [1.807, 2.05) is 4.72 Å². The summed E-state index contributed by atoms with van der Waals surface area (Å²) in [6.45, 7) is 1.24. The number of nitrogens with two attached hydrogens (primary N) is 1. The van der Waals surface area contributed by atoms with Gasteiger partial charge in [0.25, 0.3) is 5.69 Å². The summed E-state index contributed by atoms with van der Waals surface area (Å²) >= 11 is 0. The minimum absolute atomic E-state index is 0.511. The van der Waals surface area contributed by atoms with E-state index in [0.29, 0.717) is 0 Å². The molecule has 0 heterocycles. The first kappa shape index (κ1) is 14.1. The van der Waals surface area contributed by atoms with Gasteiger partial charge in [-0.2, -0.15) is 4.72 Å². The number of nitrogens with one attached hydrogen (secondary N) is 1. The number of amides is 1. The zero-order chi connectivity index (χ0) is 13.9. The number of hydrogen-bond acceptors (Lipinski definition) is 5. The van der Waals surface area contributed by atoms with Gasteiger partial charge < -0.3 is 5.73 Å². The molecule has 1 aromatic carbocycles. The zero-order valence-electron chi connectivity index (χ0n) is 9.36. The lowest BCUT2D eigenvalue weighted by molar-refractivity contribution is -0.387. The molecular weight excluding hydrogens is 262 g/mol. The number of benzene rings is 1. The summed E-state index contributed by atoms with van der Waals surface area (Å²) in [5.74, 6) is -0.878. The number of rotatable bonds is 5. The standard InChI is InChI=1S/C9H11N3O5S/c1-6(9(10)13)11-18(16,17)8-5-3-2-4-7(8)12(14)15/h2-6,11H,1H3,(H2,10,13)/t6-/m0/s1. The average molecular weight is 273 g/mol. The van der Waals surface area contributed by atoms with Gasteiger partial charge in [-0.05, 0) is 13.0 Å². The van der Waals surface area contributed by atoms with Gasteiger partial charge in [0, 0.05) is 6.07 Å². The topological polar surface area (TPSA) is 132 Å². The van der Waals surface area contributed by atoms with Crippen LogP contribution in [-0.4, -0.2) is 25.3 Å². The Morgan fingerprint density at radius 2 is 2.00 bits per heavy atom. The van der Waals surface area contributed by atoms with Crippen LogP contribution < -0.4 is 10.5 Å². The van der Waals surface area contributed by atoms with Crippen molar-refractivity contribution >= 4 is 21.6 Å². The molecule has 0 radical (unpaired) electrons. The number of nitro benzene ring substituents is 1. The number of nitrogens with zero attached hydrogens (tertiary/aromatic N) is 1. The van der Waals surface area contributed by atoms with E-state index in [0.717, 1.165) is 12.1 Å². The summed E-state index contributed by atoms with van der Waals surface area (Å²) in [7, 11) is -4.17. The smallest absolute Gasteiger partial charge is 0.289 e. The highest BCUT2D eigenvalue weighted by molar-refractivity contribution is 7.89. The van der Waals surface area contributed by atoms with Gasteiger partial charge in [-0.25, -0.2) is 8.42 Å². The fourth-order valence-electron chi connectivity index (χ4n) is 1.19. The van der Waals surface area contributed by atoms with Crippen LogP contribution in [0, 0.1) is 10.1 Å². The molecule has 0 aliphatic carbocycles. The lowest BCUT2D eigenvalue weighted by Gasteiger charge is -2.10. The predicted octanol–water partition coefficient (Wildman–Crippen LogP) is -0.253. The van der Waals surface area contributed by atoms with E-state index < -0.39 is 37.5 Å². The van der Waals surface area contributed by atoms with Crippen molar-refractivity contribution in [1.82, 2.24) is 4.72 Å². The maximum absolute atomic E-state index is 11.8. The molecule has 0 fully saturated rings. The molecule has 0 saturated carbocycles. The highest BCUT2D eigenvalue weighted by Crippen LogP contribution is 2.22. The van der Waals surface area contributed by atoms with Gasteiger partial charge in [-0.1, -0.05) is 12.1 Å². The van der Waals surface area contributed by atoms with Crippen LogP contribution in [0.25, 0.3) is 0 Å². The number of primary amides is 1. The summed E-state index contributed by atoms with van der Waals surface area (Å²) < 4.78 is 25.7. The zero-order valence-corrected chi connectivity index (χ0v) is 10.2. The van der Waals surface area contributed by atoms with Crippen molar-refractivity contribution in [3.8, 4) is 0 Å². The Hall–Kier alpha value is -2.00. The predicted molar refractivity (Wildman–Crippen MR) is 62.1 cm³/mol. The van der Waals surface area contributed by atoms with Crippen LogP contribution in [0.2, 0.25) is 0 Å². The van der Waals surface area contributed by atoms with Crippen molar-refractivity contribution < 1.29 is 18.1 Å². The number of carbonyl (C=O) groups excluding carboxylic acids is 1. The molecule has 0 saturated heterocycles. The first-order chi connectivity index (χ1) is 8.25. The Labute approximate surface area is 103 Å². The third-order valence-electron chi connectivity index (χ3n) is 2.11. The molecule has 0 aliphatic rings. The van der Waals surface area contributed by atoms with Gasteiger partial charge in [0.05, 0.1) is 11.0 Å². The van der Waals surface area contributed by atoms with Crippen LogP contribution in [-0.2, 0) is 14.8 Å². The molecule has 0 aliphatic heterocycles. The number of para-hydroxylation sites is 1. The molecule has 9 heteroatoms. The summed E-state index contributed by atoms with van der Waals surface area (Å²) in [6, 6.07) is 3.66.